The van der Waals surface area contributed by atoms with Gasteiger partial charge in [-0.25, -0.2) is 4.79 Å². The van der Waals surface area contributed by atoms with E-state index in [1.165, 1.54) is 6.07 Å². The molecule has 0 saturated heterocycles. The van der Waals surface area contributed by atoms with Gasteiger partial charge in [0.1, 0.15) is 6.07 Å². The molecule has 17 heavy (non-hydrogen) atoms. The number of benzene rings is 1. The predicted octanol–water partition coefficient (Wildman–Crippen LogP) is 2.30. The van der Waals surface area contributed by atoms with Crippen molar-refractivity contribution in [1.82, 2.24) is 0 Å². The quantitative estimate of drug-likeness (QED) is 0.469. The Bertz CT molecular complexity index is 522. The first kappa shape index (κ1) is 12.9. The van der Waals surface area contributed by atoms with Gasteiger partial charge in [0.2, 0.25) is 0 Å². The maximum atomic E-state index is 11.6. The fourth-order valence-corrected chi connectivity index (χ4v) is 1.44. The first-order valence-electron chi connectivity index (χ1n) is 4.57. The van der Waals surface area contributed by atoms with Crippen LogP contribution >= 0.6 is 11.6 Å². The minimum Gasteiger partial charge on any atom is -0.462 e. The van der Waals surface area contributed by atoms with Crippen molar-refractivity contribution in [2.24, 2.45) is 0 Å². The Morgan fingerprint density at radius 1 is 1.65 bits per heavy atom. The van der Waals surface area contributed by atoms with Gasteiger partial charge in [0.25, 0.3) is 5.69 Å². The summed E-state index contributed by atoms with van der Waals surface area (Å²) in [6.07, 6.45) is 0. The topological polar surface area (TPSA) is 93.2 Å². The van der Waals surface area contributed by atoms with Crippen LogP contribution < -0.4 is 0 Å². The number of nitro benzene ring substituents is 1. The summed E-state index contributed by atoms with van der Waals surface area (Å²) in [6.45, 7) is 1.60. The van der Waals surface area contributed by atoms with E-state index in [2.05, 4.69) is 4.74 Å². The van der Waals surface area contributed by atoms with Crippen LogP contribution in [-0.4, -0.2) is 17.5 Å². The molecule has 0 radical (unpaired) electrons. The van der Waals surface area contributed by atoms with Gasteiger partial charge in [-0.2, -0.15) is 5.26 Å². The van der Waals surface area contributed by atoms with E-state index in [9.17, 15) is 14.9 Å². The van der Waals surface area contributed by atoms with Gasteiger partial charge in [0.15, 0.2) is 5.56 Å². The minimum atomic E-state index is -0.932. The van der Waals surface area contributed by atoms with E-state index in [4.69, 9.17) is 16.9 Å². The van der Waals surface area contributed by atoms with Crippen molar-refractivity contribution >= 4 is 23.3 Å². The van der Waals surface area contributed by atoms with E-state index in [1.54, 1.807) is 13.0 Å². The van der Waals surface area contributed by atoms with Crippen molar-refractivity contribution in [3.05, 3.63) is 38.4 Å². The number of hydrogen-bond acceptors (Lipinski definition) is 5. The third kappa shape index (κ3) is 2.52. The summed E-state index contributed by atoms with van der Waals surface area (Å²) in [6, 6.07) is 3.92. The lowest BCUT2D eigenvalue weighted by Gasteiger charge is -2.05. The Balaban J connectivity index is 3.51. The van der Waals surface area contributed by atoms with Crippen LogP contribution in [0.15, 0.2) is 12.1 Å². The highest BCUT2D eigenvalue weighted by atomic mass is 35.5. The molecule has 0 saturated carbocycles. The molecule has 1 aromatic carbocycles. The number of hydrogen-bond donors (Lipinski definition) is 0. The van der Waals surface area contributed by atoms with Crippen LogP contribution in [0.5, 0.6) is 0 Å². The molecule has 0 aromatic heterocycles. The molecule has 0 amide bonds. The highest BCUT2D eigenvalue weighted by molar-refractivity contribution is 6.32. The summed E-state index contributed by atoms with van der Waals surface area (Å²) in [5.41, 5.74) is -1.16. The molecule has 0 N–H and O–H groups in total. The molecule has 0 heterocycles. The minimum absolute atomic E-state index is 0.0267. The number of nitriles is 1. The standard InChI is InChI=1S/C10H7ClN2O4/c1-2-17-10(14)9-6(5-12)7(11)3-4-8(9)13(15)16/h3-4H,2H2,1H3. The van der Waals surface area contributed by atoms with Crippen LogP contribution in [-0.2, 0) is 4.74 Å². The first-order chi connectivity index (χ1) is 8.02. The lowest BCUT2D eigenvalue weighted by atomic mass is 10.1. The van der Waals surface area contributed by atoms with Crippen molar-refractivity contribution in [1.29, 1.82) is 5.26 Å². The summed E-state index contributed by atoms with van der Waals surface area (Å²) < 4.78 is 4.66. The number of nitrogens with zero attached hydrogens (tertiary/aromatic N) is 2. The van der Waals surface area contributed by atoms with Crippen LogP contribution in [0.1, 0.15) is 22.8 Å². The van der Waals surface area contributed by atoms with Gasteiger partial charge >= 0.3 is 5.97 Å². The van der Waals surface area contributed by atoms with Crippen LogP contribution in [0, 0.1) is 21.4 Å². The summed E-state index contributed by atoms with van der Waals surface area (Å²) in [5.74, 6) is -0.932. The second-order valence-corrected chi connectivity index (χ2v) is 3.31. The number of ether oxygens (including phenoxy) is 1. The van der Waals surface area contributed by atoms with Crippen LogP contribution in [0.4, 0.5) is 5.69 Å². The van der Waals surface area contributed by atoms with Gasteiger partial charge in [-0.15, -0.1) is 0 Å². The van der Waals surface area contributed by atoms with Gasteiger partial charge in [-0.1, -0.05) is 11.6 Å². The highest BCUT2D eigenvalue weighted by Crippen LogP contribution is 2.28. The second-order valence-electron chi connectivity index (χ2n) is 2.91. The van der Waals surface area contributed by atoms with Crippen molar-refractivity contribution in [3.63, 3.8) is 0 Å². The van der Waals surface area contributed by atoms with Gasteiger partial charge < -0.3 is 4.74 Å². The van der Waals surface area contributed by atoms with Gasteiger partial charge in [0.05, 0.1) is 22.1 Å². The van der Waals surface area contributed by atoms with Crippen molar-refractivity contribution in [2.45, 2.75) is 6.92 Å². The van der Waals surface area contributed by atoms with E-state index in [0.29, 0.717) is 0 Å². The normalized spacial score (nSPS) is 9.47. The molecule has 0 aliphatic rings. The van der Waals surface area contributed by atoms with Crippen molar-refractivity contribution < 1.29 is 14.5 Å². The number of carbonyl (C=O) groups excluding carboxylic acids is 1. The molecular formula is C10H7ClN2O4. The highest BCUT2D eigenvalue weighted by Gasteiger charge is 2.27. The number of rotatable bonds is 3. The Hall–Kier alpha value is -2.13. The predicted molar refractivity (Wildman–Crippen MR) is 58.8 cm³/mol. The smallest absolute Gasteiger partial charge is 0.346 e. The Labute approximate surface area is 102 Å². The van der Waals surface area contributed by atoms with E-state index in [1.807, 2.05) is 0 Å². The number of esters is 1. The molecule has 0 aliphatic heterocycles. The Morgan fingerprint density at radius 2 is 2.29 bits per heavy atom. The zero-order valence-corrected chi connectivity index (χ0v) is 9.52. The largest absolute Gasteiger partial charge is 0.462 e. The number of halogens is 1. The third-order valence-corrected chi connectivity index (χ3v) is 2.24. The zero-order chi connectivity index (χ0) is 13.0. The monoisotopic (exact) mass is 254 g/mol. The maximum Gasteiger partial charge on any atom is 0.346 e. The van der Waals surface area contributed by atoms with E-state index in [-0.39, 0.29) is 17.2 Å². The molecule has 0 spiro atoms. The van der Waals surface area contributed by atoms with Gasteiger partial charge in [-0.3, -0.25) is 10.1 Å². The summed E-state index contributed by atoms with van der Waals surface area (Å²) >= 11 is 5.70. The molecule has 1 aromatic rings. The molecule has 88 valence electrons. The fourth-order valence-electron chi connectivity index (χ4n) is 1.24. The van der Waals surface area contributed by atoms with Crippen molar-refractivity contribution in [2.75, 3.05) is 6.61 Å². The average molecular weight is 255 g/mol. The molecule has 0 bridgehead atoms. The van der Waals surface area contributed by atoms with Gasteiger partial charge in [-0.05, 0) is 13.0 Å². The number of carbonyl (C=O) groups is 1. The Morgan fingerprint density at radius 3 is 2.76 bits per heavy atom. The number of nitro groups is 1. The fraction of sp³-hybridized carbons (Fsp3) is 0.200. The second kappa shape index (κ2) is 5.27. The summed E-state index contributed by atoms with van der Waals surface area (Å²) in [4.78, 5) is 21.6. The van der Waals surface area contributed by atoms with Crippen LogP contribution in [0.25, 0.3) is 0 Å². The molecule has 0 atom stereocenters. The van der Waals surface area contributed by atoms with Crippen molar-refractivity contribution in [3.8, 4) is 6.07 Å². The lowest BCUT2D eigenvalue weighted by molar-refractivity contribution is -0.385. The van der Waals surface area contributed by atoms with E-state index in [0.717, 1.165) is 6.07 Å². The van der Waals surface area contributed by atoms with Gasteiger partial charge in [0, 0.05) is 6.07 Å². The molecule has 0 fully saturated rings. The summed E-state index contributed by atoms with van der Waals surface area (Å²) in [7, 11) is 0. The molecule has 0 aliphatic carbocycles. The summed E-state index contributed by atoms with van der Waals surface area (Å²) in [5, 5.41) is 19.6. The molecule has 7 heteroatoms. The SMILES string of the molecule is CCOC(=O)c1c([N+](=O)[O-])ccc(Cl)c1C#N. The zero-order valence-electron chi connectivity index (χ0n) is 8.77. The van der Waals surface area contributed by atoms with E-state index < -0.39 is 22.1 Å². The molecule has 0 unspecified atom stereocenters. The Kier molecular flexibility index (Phi) is 4.01. The molecule has 6 nitrogen and oxygen atoms in total. The molecule has 1 rings (SSSR count). The van der Waals surface area contributed by atoms with E-state index >= 15 is 0 Å². The molecular weight excluding hydrogens is 248 g/mol. The lowest BCUT2D eigenvalue weighted by Crippen LogP contribution is -2.10. The van der Waals surface area contributed by atoms with Crippen LogP contribution in [0.2, 0.25) is 5.02 Å². The third-order valence-electron chi connectivity index (χ3n) is 1.92. The van der Waals surface area contributed by atoms with Crippen LogP contribution in [0.3, 0.4) is 0 Å². The first-order valence-corrected chi connectivity index (χ1v) is 4.94. The average Bonchev–Trinajstić information content (AvgIpc) is 2.28. The maximum absolute atomic E-state index is 11.6.